The summed E-state index contributed by atoms with van der Waals surface area (Å²) in [6.07, 6.45) is 8.19. The van der Waals surface area contributed by atoms with Gasteiger partial charge in [-0.25, -0.2) is 0 Å². The van der Waals surface area contributed by atoms with Crippen molar-refractivity contribution in [3.05, 3.63) is 225 Å². The summed E-state index contributed by atoms with van der Waals surface area (Å²) in [6, 6.07) is 32.5. The molecule has 0 bridgehead atoms. The number of fused-ring (bicyclic) bond motifs is 2. The topological polar surface area (TPSA) is 197 Å². The lowest BCUT2D eigenvalue weighted by molar-refractivity contribution is -0.363. The molecule has 0 aliphatic carbocycles. The zero-order valence-electron chi connectivity index (χ0n) is 44.2. The summed E-state index contributed by atoms with van der Waals surface area (Å²) in [7, 11) is 0. The van der Waals surface area contributed by atoms with Crippen LogP contribution in [0.3, 0.4) is 0 Å². The quantitative estimate of drug-likeness (QED) is 0.0445. The molecule has 4 amide bonds. The first-order valence-corrected chi connectivity index (χ1v) is 25.8. The highest BCUT2D eigenvalue weighted by atomic mass is 19.2. The minimum atomic E-state index is -4.11. The molecule has 0 fully saturated rings. The van der Waals surface area contributed by atoms with Gasteiger partial charge < -0.3 is 52.6 Å². The Balaban J connectivity index is 0.817. The number of aryl methyl sites for hydroxylation is 2. The van der Waals surface area contributed by atoms with Crippen LogP contribution in [0.4, 0.5) is 8.63 Å². The number of pyridine rings is 4. The lowest BCUT2D eigenvalue weighted by Crippen LogP contribution is -2.51. The average Bonchev–Trinajstić information content (AvgIpc) is 4.10. The first-order chi connectivity index (χ1) is 38.2. The van der Waals surface area contributed by atoms with Crippen molar-refractivity contribution in [2.75, 3.05) is 39.5 Å². The van der Waals surface area contributed by atoms with Gasteiger partial charge in [-0.05, 0) is 116 Å². The molecular formula is C59H59BF2N10O7. The van der Waals surface area contributed by atoms with E-state index in [2.05, 4.69) is 30.6 Å². The summed E-state index contributed by atoms with van der Waals surface area (Å²) in [4.78, 5) is 77.1. The number of ether oxygens (including phenoxy) is 2. The highest BCUT2D eigenvalue weighted by Crippen LogP contribution is 2.44. The number of phenols is 1. The highest BCUT2D eigenvalue weighted by molar-refractivity contribution is 6.58. The van der Waals surface area contributed by atoms with E-state index in [-0.39, 0.29) is 88.3 Å². The molecule has 20 heteroatoms. The molecule has 0 spiro atoms. The van der Waals surface area contributed by atoms with Gasteiger partial charge in [-0.3, -0.25) is 39.1 Å². The first-order valence-electron chi connectivity index (χ1n) is 25.8. The molecule has 9 rings (SSSR count). The lowest BCUT2D eigenvalue weighted by atomic mass is 9.83. The number of aromatic hydroxyl groups is 1. The van der Waals surface area contributed by atoms with Crippen LogP contribution in [0.1, 0.15) is 101 Å². The Hall–Kier alpha value is -9.01. The number of hydrogen-bond acceptors (Lipinski definition) is 11. The third kappa shape index (κ3) is 12.4. The molecule has 2 aliphatic heterocycles. The normalized spacial score (nSPS) is 13.4. The van der Waals surface area contributed by atoms with Crippen LogP contribution in [0.2, 0.25) is 0 Å². The van der Waals surface area contributed by atoms with Crippen molar-refractivity contribution in [3.63, 3.8) is 0 Å². The molecule has 0 unspecified atom stereocenters. The van der Waals surface area contributed by atoms with Crippen LogP contribution in [-0.2, 0) is 35.7 Å². The molecule has 7 aromatic rings. The number of allylic oxidation sites excluding steroid dienone is 2. The first kappa shape index (κ1) is 54.8. The van der Waals surface area contributed by atoms with E-state index in [1.54, 1.807) is 148 Å². The van der Waals surface area contributed by atoms with Gasteiger partial charge in [-0.1, -0.05) is 36.4 Å². The number of aromatic nitrogens is 5. The maximum absolute atomic E-state index is 16.1. The number of carbonyl (C=O) groups excluding carboxylic acids is 4. The Morgan fingerprint density at radius 3 is 1.48 bits per heavy atom. The Kier molecular flexibility index (Phi) is 17.0. The van der Waals surface area contributed by atoms with E-state index in [9.17, 15) is 24.3 Å². The van der Waals surface area contributed by atoms with E-state index in [0.29, 0.717) is 62.3 Å². The van der Waals surface area contributed by atoms with Crippen molar-refractivity contribution < 1.29 is 46.9 Å². The van der Waals surface area contributed by atoms with Crippen molar-refractivity contribution in [2.24, 2.45) is 0 Å². The second kappa shape index (κ2) is 24.5. The summed E-state index contributed by atoms with van der Waals surface area (Å²) in [6.45, 7) is 3.91. The number of rotatable bonds is 22. The van der Waals surface area contributed by atoms with E-state index in [1.165, 1.54) is 21.9 Å². The molecular weight excluding hydrogens is 1010 g/mol. The largest absolute Gasteiger partial charge is 0.737 e. The number of halogens is 2. The van der Waals surface area contributed by atoms with Crippen molar-refractivity contribution >= 4 is 41.9 Å². The summed E-state index contributed by atoms with van der Waals surface area (Å²) >= 11 is 0. The molecule has 2 aliphatic rings. The number of nitrogens with zero attached hydrogens (tertiary/aromatic N) is 8. The van der Waals surface area contributed by atoms with Crippen LogP contribution >= 0.6 is 0 Å². The molecule has 0 radical (unpaired) electrons. The zero-order chi connectivity index (χ0) is 55.6. The Labute approximate surface area is 456 Å². The number of benzene rings is 2. The Bertz CT molecular complexity index is 3270. The van der Waals surface area contributed by atoms with Gasteiger partial charge in [0.05, 0.1) is 92.1 Å². The average molecular weight is 1070 g/mol. The molecule has 17 nitrogen and oxygen atoms in total. The maximum Gasteiger partial charge on any atom is 0.737 e. The smallest absolute Gasteiger partial charge is 0.506 e. The van der Waals surface area contributed by atoms with Gasteiger partial charge in [0.25, 0.3) is 23.6 Å². The van der Waals surface area contributed by atoms with Crippen LogP contribution in [0.5, 0.6) is 5.75 Å². The highest BCUT2D eigenvalue weighted by Gasteiger charge is 2.55. The zero-order valence-corrected chi connectivity index (χ0v) is 44.2. The summed E-state index contributed by atoms with van der Waals surface area (Å²) in [5.74, 6) is -2.91. The van der Waals surface area contributed by atoms with Gasteiger partial charge in [0.2, 0.25) is 0 Å². The standard InChI is InChI=1S/C59H59BF2N10O7/c1-39-31-41(3)71-53(39)52(54-40(2)32-42(4)72(54)60(71,61)62)43-17-19-44(20-18-43)56(74)67-25-27-78-29-30-79-28-26-68-57(75)45-33-50(58(76)69(35-46-13-5-9-21-63-46)36-47-14-6-10-22-64-47)55(73)51(34-45)59(77)70(37-48-15-7-11-23-65-48)38-49-16-8-12-24-66-49/h5-24,31-34,73H,25-30,35-38H2,1-4H3,(H,67,74)(H,68,75). The summed E-state index contributed by atoms with van der Waals surface area (Å²) in [5.41, 5.74) is 6.78. The van der Waals surface area contributed by atoms with Gasteiger partial charge in [0, 0.05) is 73.3 Å². The maximum atomic E-state index is 16.1. The molecule has 3 N–H and O–H groups in total. The molecule has 404 valence electrons. The molecule has 0 atom stereocenters. The predicted octanol–water partition coefficient (Wildman–Crippen LogP) is 7.70. The predicted molar refractivity (Wildman–Crippen MR) is 293 cm³/mol. The minimum Gasteiger partial charge on any atom is -0.506 e. The van der Waals surface area contributed by atoms with Crippen LogP contribution in [0, 0.1) is 13.8 Å². The molecule has 5 aromatic heterocycles. The molecule has 2 aromatic carbocycles. The fraction of sp³-hybridized carbons (Fsp3) is 0.237. The Morgan fingerprint density at radius 2 is 1.05 bits per heavy atom. The number of amides is 4. The monoisotopic (exact) mass is 1070 g/mol. The van der Waals surface area contributed by atoms with Gasteiger partial charge in [-0.2, -0.15) is 0 Å². The van der Waals surface area contributed by atoms with Crippen molar-refractivity contribution in [1.29, 1.82) is 0 Å². The van der Waals surface area contributed by atoms with Gasteiger partial charge in [0.1, 0.15) is 11.5 Å². The molecule has 79 heavy (non-hydrogen) atoms. The van der Waals surface area contributed by atoms with Crippen LogP contribution in [0.25, 0.3) is 5.57 Å². The minimum absolute atomic E-state index is 0.0216. The SMILES string of the molecule is CC1=CC(C)=[N+]2C1=C(c1ccc(C(=O)NCCOCCOCCNC(=O)c3cc(C(=O)N(Cc4ccccn4)Cc4ccccn4)c(O)c(C(=O)N(Cc4ccccn4)Cc4ccccn4)c3)cc1)c1c(C)cc(C)n1[B-]2(F)F. The summed E-state index contributed by atoms with van der Waals surface area (Å²) in [5, 5.41) is 17.6. The van der Waals surface area contributed by atoms with E-state index in [0.717, 1.165) is 20.1 Å². The van der Waals surface area contributed by atoms with Crippen LogP contribution in [0.15, 0.2) is 157 Å². The third-order valence-corrected chi connectivity index (χ3v) is 13.5. The number of phenolic OH excluding ortho intramolecular Hbond substituents is 1. The molecule has 0 saturated carbocycles. The Morgan fingerprint density at radius 1 is 0.608 bits per heavy atom. The number of hydrogen-bond donors (Lipinski definition) is 3. The van der Waals surface area contributed by atoms with Crippen molar-refractivity contribution in [3.8, 4) is 5.75 Å². The fourth-order valence-electron chi connectivity index (χ4n) is 9.94. The summed E-state index contributed by atoms with van der Waals surface area (Å²) < 4.78 is 45.9. The number of nitrogens with one attached hydrogen (secondary N) is 2. The third-order valence-electron chi connectivity index (χ3n) is 13.5. The van der Waals surface area contributed by atoms with E-state index >= 15 is 8.63 Å². The second-order valence-electron chi connectivity index (χ2n) is 19.2. The molecule has 0 saturated heterocycles. The second-order valence-corrected chi connectivity index (χ2v) is 19.2. The van der Waals surface area contributed by atoms with Crippen LogP contribution < -0.4 is 10.6 Å². The van der Waals surface area contributed by atoms with Gasteiger partial charge in [-0.15, -0.1) is 0 Å². The van der Waals surface area contributed by atoms with Gasteiger partial charge >= 0.3 is 6.97 Å². The fourth-order valence-corrected chi connectivity index (χ4v) is 9.94. The van der Waals surface area contributed by atoms with Crippen molar-refractivity contribution in [1.82, 2.24) is 44.8 Å². The van der Waals surface area contributed by atoms with Crippen molar-refractivity contribution in [2.45, 2.75) is 53.9 Å². The van der Waals surface area contributed by atoms with Gasteiger partial charge in [0.15, 0.2) is 5.70 Å². The van der Waals surface area contributed by atoms with Crippen LogP contribution in [-0.4, -0.2) is 120 Å². The van der Waals surface area contributed by atoms with E-state index in [1.807, 2.05) is 13.8 Å². The van der Waals surface area contributed by atoms with E-state index < -0.39 is 30.4 Å². The molecule has 7 heterocycles. The number of carbonyl (C=O) groups is 4. The van der Waals surface area contributed by atoms with E-state index in [4.69, 9.17) is 9.47 Å². The lowest BCUT2D eigenvalue weighted by Gasteiger charge is -2.34.